The van der Waals surface area contributed by atoms with Crippen molar-refractivity contribution in [2.75, 3.05) is 36.5 Å². The first kappa shape index (κ1) is 24.1. The van der Waals surface area contributed by atoms with Crippen LogP contribution in [0.4, 0.5) is 11.4 Å². The van der Waals surface area contributed by atoms with Gasteiger partial charge in [-0.1, -0.05) is 6.42 Å². The van der Waals surface area contributed by atoms with Gasteiger partial charge >= 0.3 is 0 Å². The third-order valence-electron chi connectivity index (χ3n) is 6.39. The van der Waals surface area contributed by atoms with Crippen molar-refractivity contribution in [1.29, 1.82) is 0 Å². The minimum absolute atomic E-state index is 0.0821. The first-order valence-corrected chi connectivity index (χ1v) is 13.5. The fourth-order valence-corrected chi connectivity index (χ4v) is 5.55. The van der Waals surface area contributed by atoms with Crippen LogP contribution in [0, 0.1) is 5.92 Å². The molecule has 0 saturated carbocycles. The van der Waals surface area contributed by atoms with Crippen LogP contribution in [0.25, 0.3) is 0 Å². The van der Waals surface area contributed by atoms with Gasteiger partial charge in [0.25, 0.3) is 10.0 Å². The van der Waals surface area contributed by atoms with Crippen molar-refractivity contribution in [2.45, 2.75) is 37.0 Å². The van der Waals surface area contributed by atoms with E-state index in [1.807, 2.05) is 0 Å². The molecule has 11 heteroatoms. The number of ether oxygens (including phenoxy) is 2. The van der Waals surface area contributed by atoms with Gasteiger partial charge < -0.3 is 19.7 Å². The number of rotatable bonds is 5. The van der Waals surface area contributed by atoms with Gasteiger partial charge in [0.2, 0.25) is 11.8 Å². The number of amidine groups is 1. The van der Waals surface area contributed by atoms with Gasteiger partial charge in [0.1, 0.15) is 19.0 Å². The summed E-state index contributed by atoms with van der Waals surface area (Å²) in [5, 5.41) is 2.79. The van der Waals surface area contributed by atoms with E-state index in [0.717, 1.165) is 19.3 Å². The monoisotopic (exact) mass is 512 g/mol. The molecule has 36 heavy (non-hydrogen) atoms. The number of amides is 2. The standard InChI is InChI=1S/C25H28N4O6S/c30-24-14-17(16-29(24)19-7-10-21-22(15-19)35-13-12-34-21)25(31)27-18-5-8-20(9-6-18)36(32,33)28-23-4-2-1-3-11-26-23/h5-10,15,17H,1-4,11-14,16H2,(H,26,28)(H,27,31)/t17-/m1/s1. The van der Waals surface area contributed by atoms with Crippen LogP contribution in [0.1, 0.15) is 32.1 Å². The highest BCUT2D eigenvalue weighted by molar-refractivity contribution is 7.90. The van der Waals surface area contributed by atoms with Gasteiger partial charge in [-0.2, -0.15) is 0 Å². The molecule has 3 aliphatic rings. The molecule has 0 aromatic heterocycles. The Bertz CT molecular complexity index is 1290. The molecule has 0 bridgehead atoms. The van der Waals surface area contributed by atoms with Crippen molar-refractivity contribution in [2.24, 2.45) is 10.9 Å². The minimum atomic E-state index is -3.75. The number of benzene rings is 2. The molecule has 2 N–H and O–H groups in total. The van der Waals surface area contributed by atoms with Gasteiger partial charge in [-0.25, -0.2) is 8.42 Å². The molecule has 1 fully saturated rings. The number of aliphatic imine (C=N–C) groups is 1. The van der Waals surface area contributed by atoms with E-state index in [0.29, 0.717) is 54.9 Å². The SMILES string of the molecule is O=C(Nc1ccc(S(=O)(=O)NC2=NCCCCC2)cc1)[C@@H]1CC(=O)N(c2ccc3c(c2)OCCO3)C1. The van der Waals surface area contributed by atoms with Crippen LogP contribution in [0.15, 0.2) is 52.4 Å². The van der Waals surface area contributed by atoms with Crippen molar-refractivity contribution in [3.63, 3.8) is 0 Å². The predicted octanol–water partition coefficient (Wildman–Crippen LogP) is 2.70. The summed E-state index contributed by atoms with van der Waals surface area (Å²) in [6, 6.07) is 11.2. The quantitative estimate of drug-likeness (QED) is 0.634. The molecule has 5 rings (SSSR count). The summed E-state index contributed by atoms with van der Waals surface area (Å²) in [4.78, 5) is 31.5. The highest BCUT2D eigenvalue weighted by atomic mass is 32.2. The van der Waals surface area contributed by atoms with Gasteiger partial charge in [-0.3, -0.25) is 19.3 Å². The molecular formula is C25H28N4O6S. The lowest BCUT2D eigenvalue weighted by atomic mass is 10.1. The van der Waals surface area contributed by atoms with Crippen LogP contribution in [0.5, 0.6) is 11.5 Å². The van der Waals surface area contributed by atoms with E-state index < -0.39 is 15.9 Å². The number of fused-ring (bicyclic) bond motifs is 1. The highest BCUT2D eigenvalue weighted by Crippen LogP contribution is 2.36. The van der Waals surface area contributed by atoms with Crippen LogP contribution < -0.4 is 24.4 Å². The number of hydrogen-bond acceptors (Lipinski definition) is 7. The Morgan fingerprint density at radius 2 is 1.78 bits per heavy atom. The second-order valence-corrected chi connectivity index (χ2v) is 10.7. The minimum Gasteiger partial charge on any atom is -0.486 e. The summed E-state index contributed by atoms with van der Waals surface area (Å²) < 4.78 is 39.1. The Morgan fingerprint density at radius 3 is 2.58 bits per heavy atom. The van der Waals surface area contributed by atoms with Crippen LogP contribution >= 0.6 is 0 Å². The van der Waals surface area contributed by atoms with E-state index in [1.54, 1.807) is 23.1 Å². The number of anilines is 2. The highest BCUT2D eigenvalue weighted by Gasteiger charge is 2.35. The van der Waals surface area contributed by atoms with Crippen LogP contribution in [-0.4, -0.2) is 52.4 Å². The molecule has 2 aromatic rings. The van der Waals surface area contributed by atoms with E-state index in [2.05, 4.69) is 15.0 Å². The van der Waals surface area contributed by atoms with Crippen molar-refractivity contribution in [3.8, 4) is 11.5 Å². The summed E-state index contributed by atoms with van der Waals surface area (Å²) >= 11 is 0. The van der Waals surface area contributed by atoms with Gasteiger partial charge in [0.15, 0.2) is 11.5 Å². The van der Waals surface area contributed by atoms with E-state index in [9.17, 15) is 18.0 Å². The van der Waals surface area contributed by atoms with Gasteiger partial charge in [-0.05, 0) is 49.2 Å². The zero-order valence-corrected chi connectivity index (χ0v) is 20.6. The molecule has 2 aromatic carbocycles. The fourth-order valence-electron chi connectivity index (χ4n) is 4.47. The predicted molar refractivity (Wildman–Crippen MR) is 134 cm³/mol. The topological polar surface area (TPSA) is 126 Å². The van der Waals surface area contributed by atoms with Gasteiger partial charge in [0.05, 0.1) is 10.8 Å². The molecule has 0 spiro atoms. The van der Waals surface area contributed by atoms with Crippen molar-refractivity contribution < 1.29 is 27.5 Å². The fraction of sp³-hybridized carbons (Fsp3) is 0.400. The summed E-state index contributed by atoms with van der Waals surface area (Å²) in [6.45, 7) is 1.79. The molecule has 0 radical (unpaired) electrons. The molecule has 0 unspecified atom stereocenters. The third-order valence-corrected chi connectivity index (χ3v) is 7.79. The molecular weight excluding hydrogens is 484 g/mol. The molecule has 10 nitrogen and oxygen atoms in total. The molecule has 1 atom stereocenters. The summed E-state index contributed by atoms with van der Waals surface area (Å²) in [6.07, 6.45) is 3.59. The number of nitrogens with zero attached hydrogens (tertiary/aromatic N) is 2. The number of hydrogen-bond donors (Lipinski definition) is 2. The van der Waals surface area contributed by atoms with Crippen molar-refractivity contribution in [3.05, 3.63) is 42.5 Å². The lowest BCUT2D eigenvalue weighted by Crippen LogP contribution is -2.30. The van der Waals surface area contributed by atoms with Crippen molar-refractivity contribution in [1.82, 2.24) is 4.72 Å². The number of sulfonamides is 1. The van der Waals surface area contributed by atoms with Crippen molar-refractivity contribution >= 4 is 39.0 Å². The molecule has 1 saturated heterocycles. The number of carbonyl (C=O) groups is 2. The molecule has 3 aliphatic heterocycles. The Kier molecular flexibility index (Phi) is 6.82. The van der Waals surface area contributed by atoms with E-state index >= 15 is 0 Å². The first-order valence-electron chi connectivity index (χ1n) is 12.1. The Balaban J connectivity index is 1.21. The number of carbonyl (C=O) groups excluding carboxylic acids is 2. The van der Waals surface area contributed by atoms with Gasteiger partial charge in [-0.15, -0.1) is 0 Å². The average Bonchev–Trinajstić information content (AvgIpc) is 3.09. The van der Waals surface area contributed by atoms with Crippen LogP contribution in [-0.2, 0) is 19.6 Å². The lowest BCUT2D eigenvalue weighted by Gasteiger charge is -2.22. The van der Waals surface area contributed by atoms with Gasteiger partial charge in [0, 0.05) is 43.4 Å². The third kappa shape index (κ3) is 5.30. The molecule has 3 heterocycles. The summed E-state index contributed by atoms with van der Waals surface area (Å²) in [7, 11) is -3.75. The largest absolute Gasteiger partial charge is 0.486 e. The maximum absolute atomic E-state index is 12.9. The van der Waals surface area contributed by atoms with E-state index in [1.165, 1.54) is 24.3 Å². The first-order chi connectivity index (χ1) is 17.4. The zero-order valence-electron chi connectivity index (χ0n) is 19.7. The zero-order chi connectivity index (χ0) is 25.1. The van der Waals surface area contributed by atoms with Crippen LogP contribution in [0.3, 0.4) is 0 Å². The Morgan fingerprint density at radius 1 is 1.00 bits per heavy atom. The van der Waals surface area contributed by atoms with E-state index in [4.69, 9.17) is 9.47 Å². The number of nitrogens with one attached hydrogen (secondary N) is 2. The lowest BCUT2D eigenvalue weighted by molar-refractivity contribution is -0.122. The van der Waals surface area contributed by atoms with Crippen LogP contribution in [0.2, 0.25) is 0 Å². The normalized spacial score (nSPS) is 19.9. The smallest absolute Gasteiger partial charge is 0.262 e. The Hall–Kier alpha value is -3.60. The molecule has 190 valence electrons. The summed E-state index contributed by atoms with van der Waals surface area (Å²) in [5.74, 6) is 0.706. The van der Waals surface area contributed by atoms with E-state index in [-0.39, 0.29) is 29.7 Å². The maximum atomic E-state index is 12.9. The Labute approximate surface area is 209 Å². The second kappa shape index (κ2) is 10.2. The second-order valence-electron chi connectivity index (χ2n) is 8.99. The average molecular weight is 513 g/mol. The molecule has 2 amide bonds. The summed E-state index contributed by atoms with van der Waals surface area (Å²) in [5.41, 5.74) is 1.11. The molecule has 0 aliphatic carbocycles. The maximum Gasteiger partial charge on any atom is 0.262 e.